The molecule has 1 aliphatic rings. The van der Waals surface area contributed by atoms with Crippen LogP contribution in [-0.4, -0.2) is 48.0 Å². The predicted molar refractivity (Wildman–Crippen MR) is 68.6 cm³/mol. The molecule has 1 aliphatic heterocycles. The third kappa shape index (κ3) is 3.10. The highest BCUT2D eigenvalue weighted by atomic mass is 16.5. The van der Waals surface area contributed by atoms with Crippen molar-refractivity contribution in [3.05, 3.63) is 35.9 Å². The Labute approximate surface area is 111 Å². The number of carbonyl (C=O) groups excluding carboxylic acids is 2. The largest absolute Gasteiger partial charge is 0.467 e. The van der Waals surface area contributed by atoms with Gasteiger partial charge in [0.15, 0.2) is 6.04 Å². The molecule has 1 amide bonds. The zero-order valence-corrected chi connectivity index (χ0v) is 10.8. The number of nitrogens with zero attached hydrogens (tertiary/aromatic N) is 2. The van der Waals surface area contributed by atoms with Crippen LogP contribution < -0.4 is 5.84 Å². The molecule has 1 aromatic carbocycles. The van der Waals surface area contributed by atoms with Gasteiger partial charge in [-0.25, -0.2) is 10.6 Å². The monoisotopic (exact) mass is 263 g/mol. The molecule has 1 saturated heterocycles. The fourth-order valence-electron chi connectivity index (χ4n) is 2.13. The van der Waals surface area contributed by atoms with E-state index in [1.807, 2.05) is 35.2 Å². The Hall–Kier alpha value is -1.92. The number of piperazine rings is 1. The Balaban J connectivity index is 2.07. The van der Waals surface area contributed by atoms with E-state index in [2.05, 4.69) is 4.74 Å². The summed E-state index contributed by atoms with van der Waals surface area (Å²) in [6.07, 6.45) is 0. The molecule has 102 valence electrons. The number of methoxy groups -OCH3 is 1. The second-order valence-corrected chi connectivity index (χ2v) is 4.50. The molecule has 2 N–H and O–H groups in total. The lowest BCUT2D eigenvalue weighted by molar-refractivity contribution is -0.158. The van der Waals surface area contributed by atoms with Gasteiger partial charge in [0, 0.05) is 13.1 Å². The lowest BCUT2D eigenvalue weighted by atomic mass is 10.1. The van der Waals surface area contributed by atoms with Crippen molar-refractivity contribution in [3.8, 4) is 0 Å². The molecule has 0 radical (unpaired) electrons. The summed E-state index contributed by atoms with van der Waals surface area (Å²) in [4.78, 5) is 25.3. The van der Waals surface area contributed by atoms with E-state index in [1.54, 1.807) is 0 Å². The lowest BCUT2D eigenvalue weighted by Gasteiger charge is -2.36. The highest BCUT2D eigenvalue weighted by molar-refractivity contribution is 5.86. The predicted octanol–water partition coefficient (Wildman–Crippen LogP) is -0.254. The fourth-order valence-corrected chi connectivity index (χ4v) is 2.13. The van der Waals surface area contributed by atoms with E-state index in [9.17, 15) is 9.59 Å². The third-order valence-electron chi connectivity index (χ3n) is 3.14. The molecule has 1 atom stereocenters. The van der Waals surface area contributed by atoms with Crippen LogP contribution in [0, 0.1) is 0 Å². The average Bonchev–Trinajstić information content (AvgIpc) is 2.43. The number of nitrogens with two attached hydrogens (primary N) is 1. The summed E-state index contributed by atoms with van der Waals surface area (Å²) >= 11 is 0. The van der Waals surface area contributed by atoms with Crippen molar-refractivity contribution in [2.24, 2.45) is 5.84 Å². The van der Waals surface area contributed by atoms with Crippen LogP contribution in [0.3, 0.4) is 0 Å². The summed E-state index contributed by atoms with van der Waals surface area (Å²) in [7, 11) is 1.29. The molecule has 0 aliphatic carbocycles. The first-order valence-electron chi connectivity index (χ1n) is 6.02. The molecule has 19 heavy (non-hydrogen) atoms. The minimum absolute atomic E-state index is 0.207. The zero-order chi connectivity index (χ0) is 13.8. The molecule has 1 fully saturated rings. The van der Waals surface area contributed by atoms with Crippen molar-refractivity contribution in [1.82, 2.24) is 9.91 Å². The Morgan fingerprint density at radius 1 is 1.42 bits per heavy atom. The molecule has 0 aromatic heterocycles. The molecule has 0 saturated carbocycles. The van der Waals surface area contributed by atoms with E-state index in [4.69, 9.17) is 5.84 Å². The highest BCUT2D eigenvalue weighted by Gasteiger charge is 2.36. The average molecular weight is 263 g/mol. The second-order valence-electron chi connectivity index (χ2n) is 4.50. The van der Waals surface area contributed by atoms with Gasteiger partial charge in [-0.3, -0.25) is 14.7 Å². The third-order valence-corrected chi connectivity index (χ3v) is 3.14. The van der Waals surface area contributed by atoms with Crippen molar-refractivity contribution in [3.63, 3.8) is 0 Å². The first-order chi connectivity index (χ1) is 9.11. The van der Waals surface area contributed by atoms with Gasteiger partial charge in [0.1, 0.15) is 0 Å². The van der Waals surface area contributed by atoms with Crippen LogP contribution in [0.1, 0.15) is 5.56 Å². The van der Waals surface area contributed by atoms with Gasteiger partial charge in [-0.2, -0.15) is 0 Å². The molecule has 6 nitrogen and oxygen atoms in total. The number of amides is 1. The molecule has 0 bridgehead atoms. The summed E-state index contributed by atoms with van der Waals surface area (Å²) < 4.78 is 4.67. The molecule has 6 heteroatoms. The van der Waals surface area contributed by atoms with E-state index in [0.717, 1.165) is 10.6 Å². The number of rotatable bonds is 3. The number of benzene rings is 1. The number of ether oxygens (including phenoxy) is 1. The first kappa shape index (κ1) is 13.5. The van der Waals surface area contributed by atoms with Gasteiger partial charge >= 0.3 is 5.97 Å². The van der Waals surface area contributed by atoms with Crippen LogP contribution in [0.25, 0.3) is 0 Å². The highest BCUT2D eigenvalue weighted by Crippen LogP contribution is 2.12. The van der Waals surface area contributed by atoms with Gasteiger partial charge in [0.05, 0.1) is 13.7 Å². The minimum atomic E-state index is -0.741. The second kappa shape index (κ2) is 5.81. The van der Waals surface area contributed by atoms with Crippen LogP contribution in [0.4, 0.5) is 0 Å². The Morgan fingerprint density at radius 2 is 2.11 bits per heavy atom. The Kier molecular flexibility index (Phi) is 4.13. The Morgan fingerprint density at radius 3 is 2.74 bits per heavy atom. The van der Waals surface area contributed by atoms with Crippen molar-refractivity contribution >= 4 is 11.9 Å². The SMILES string of the molecule is COC(=O)C1CN(Cc2ccccc2)CC(=O)N1N. The molecule has 2 rings (SSSR count). The molecule has 0 spiro atoms. The number of hydrazine groups is 1. The van der Waals surface area contributed by atoms with Crippen molar-refractivity contribution in [2.75, 3.05) is 20.2 Å². The summed E-state index contributed by atoms with van der Waals surface area (Å²) in [5.74, 6) is 4.84. The van der Waals surface area contributed by atoms with Crippen LogP contribution in [0.2, 0.25) is 0 Å². The van der Waals surface area contributed by atoms with Gasteiger partial charge in [-0.15, -0.1) is 0 Å². The van der Waals surface area contributed by atoms with Crippen molar-refractivity contribution in [2.45, 2.75) is 12.6 Å². The number of carbonyl (C=O) groups is 2. The van der Waals surface area contributed by atoms with Crippen LogP contribution >= 0.6 is 0 Å². The van der Waals surface area contributed by atoms with E-state index >= 15 is 0 Å². The van der Waals surface area contributed by atoms with Crippen molar-refractivity contribution < 1.29 is 14.3 Å². The van der Waals surface area contributed by atoms with E-state index in [0.29, 0.717) is 13.1 Å². The first-order valence-corrected chi connectivity index (χ1v) is 6.02. The number of esters is 1. The number of hydrogen-bond acceptors (Lipinski definition) is 5. The maximum Gasteiger partial charge on any atom is 0.331 e. The van der Waals surface area contributed by atoms with Crippen LogP contribution in [-0.2, 0) is 20.9 Å². The van der Waals surface area contributed by atoms with Crippen LogP contribution in [0.15, 0.2) is 30.3 Å². The quantitative estimate of drug-likeness (QED) is 0.462. The topological polar surface area (TPSA) is 75.9 Å². The number of hydrogen-bond donors (Lipinski definition) is 1. The maximum atomic E-state index is 11.8. The lowest BCUT2D eigenvalue weighted by Crippen LogP contribution is -2.61. The van der Waals surface area contributed by atoms with E-state index in [1.165, 1.54) is 7.11 Å². The summed E-state index contributed by atoms with van der Waals surface area (Å²) in [5.41, 5.74) is 1.09. The molecule has 1 aromatic rings. The zero-order valence-electron chi connectivity index (χ0n) is 10.8. The molecule has 1 heterocycles. The minimum Gasteiger partial charge on any atom is -0.467 e. The van der Waals surface area contributed by atoms with Gasteiger partial charge in [0.2, 0.25) is 0 Å². The van der Waals surface area contributed by atoms with E-state index < -0.39 is 12.0 Å². The maximum absolute atomic E-state index is 11.8. The summed E-state index contributed by atoms with van der Waals surface area (Å²) in [6.45, 7) is 1.19. The molecular formula is C13H17N3O3. The summed E-state index contributed by atoms with van der Waals surface area (Å²) in [6, 6.07) is 9.03. The standard InChI is InChI=1S/C13H17N3O3/c1-19-13(18)11-8-15(9-12(17)16(11)14)7-10-5-3-2-4-6-10/h2-6,11H,7-9,14H2,1H3. The van der Waals surface area contributed by atoms with Crippen LogP contribution in [0.5, 0.6) is 0 Å². The van der Waals surface area contributed by atoms with Gasteiger partial charge in [0.25, 0.3) is 5.91 Å². The normalized spacial score (nSPS) is 20.4. The van der Waals surface area contributed by atoms with Crippen molar-refractivity contribution in [1.29, 1.82) is 0 Å². The summed E-state index contributed by atoms with van der Waals surface area (Å²) in [5, 5.41) is 0.966. The van der Waals surface area contributed by atoms with Gasteiger partial charge in [-0.1, -0.05) is 30.3 Å². The van der Waals surface area contributed by atoms with Gasteiger partial charge in [-0.05, 0) is 5.56 Å². The fraction of sp³-hybridized carbons (Fsp3) is 0.385. The molecule has 1 unspecified atom stereocenters. The van der Waals surface area contributed by atoms with E-state index in [-0.39, 0.29) is 12.5 Å². The Bertz CT molecular complexity index is 463. The van der Waals surface area contributed by atoms with Gasteiger partial charge < -0.3 is 4.74 Å². The molecular weight excluding hydrogens is 246 g/mol. The smallest absolute Gasteiger partial charge is 0.331 e.